The molecule has 2 aromatic rings. The zero-order valence-corrected chi connectivity index (χ0v) is 24.8. The Balaban J connectivity index is 0.000000258. The third-order valence-corrected chi connectivity index (χ3v) is 7.66. The molecule has 42 heavy (non-hydrogen) atoms. The molecule has 0 spiro atoms. The molecular weight excluding hydrogens is 566 g/mol. The molecular formula is C28H33N5O8S. The van der Waals surface area contributed by atoms with Crippen LogP contribution in [0.15, 0.2) is 53.4 Å². The predicted octanol–water partition coefficient (Wildman–Crippen LogP) is 1.49. The maximum absolute atomic E-state index is 12.5. The number of carbonyl (C=O) groups is 4. The first-order valence-electron chi connectivity index (χ1n) is 12.8. The Morgan fingerprint density at radius 1 is 0.905 bits per heavy atom. The van der Waals surface area contributed by atoms with E-state index in [0.29, 0.717) is 17.8 Å². The molecule has 0 aromatic heterocycles. The zero-order chi connectivity index (χ0) is 31.3. The summed E-state index contributed by atoms with van der Waals surface area (Å²) in [5, 5.41) is 11.9. The van der Waals surface area contributed by atoms with Gasteiger partial charge in [-0.15, -0.1) is 0 Å². The lowest BCUT2D eigenvalue weighted by molar-refractivity contribution is -0.154. The van der Waals surface area contributed by atoms with E-state index in [1.165, 1.54) is 31.0 Å². The number of rotatable bonds is 7. The Morgan fingerprint density at radius 3 is 1.93 bits per heavy atom. The van der Waals surface area contributed by atoms with E-state index in [1.54, 1.807) is 24.3 Å². The molecule has 0 aliphatic carbocycles. The van der Waals surface area contributed by atoms with Crippen molar-refractivity contribution in [3.8, 4) is 6.07 Å². The highest BCUT2D eigenvalue weighted by Crippen LogP contribution is 2.31. The van der Waals surface area contributed by atoms with Crippen LogP contribution in [0, 0.1) is 22.2 Å². The van der Waals surface area contributed by atoms with Gasteiger partial charge < -0.3 is 9.47 Å². The first-order chi connectivity index (χ1) is 19.6. The van der Waals surface area contributed by atoms with Gasteiger partial charge in [0.15, 0.2) is 9.84 Å². The van der Waals surface area contributed by atoms with E-state index in [-0.39, 0.29) is 36.0 Å². The van der Waals surface area contributed by atoms with Gasteiger partial charge in [0.2, 0.25) is 5.91 Å². The van der Waals surface area contributed by atoms with E-state index >= 15 is 0 Å². The van der Waals surface area contributed by atoms with Crippen LogP contribution in [0.2, 0.25) is 0 Å². The average molecular weight is 600 g/mol. The molecule has 14 heteroatoms. The van der Waals surface area contributed by atoms with Crippen molar-refractivity contribution in [1.29, 1.82) is 5.26 Å². The number of nitrogens with one attached hydrogen (secondary N) is 2. The molecule has 2 aliphatic rings. The monoisotopic (exact) mass is 599 g/mol. The van der Waals surface area contributed by atoms with Gasteiger partial charge in [-0.2, -0.15) is 5.26 Å². The van der Waals surface area contributed by atoms with Gasteiger partial charge >= 0.3 is 11.9 Å². The lowest BCUT2D eigenvalue weighted by atomic mass is 9.90. The second-order valence-electron chi connectivity index (χ2n) is 10.7. The normalized spacial score (nSPS) is 16.9. The van der Waals surface area contributed by atoms with Crippen molar-refractivity contribution in [2.45, 2.75) is 32.6 Å². The van der Waals surface area contributed by atoms with Crippen LogP contribution in [0.4, 0.5) is 11.4 Å². The van der Waals surface area contributed by atoms with Crippen LogP contribution < -0.4 is 20.9 Å². The van der Waals surface area contributed by atoms with Crippen molar-refractivity contribution in [3.05, 3.63) is 54.1 Å². The number of amides is 2. The summed E-state index contributed by atoms with van der Waals surface area (Å²) in [6, 6.07) is 15.3. The van der Waals surface area contributed by atoms with Crippen LogP contribution >= 0.6 is 0 Å². The summed E-state index contributed by atoms with van der Waals surface area (Å²) in [4.78, 5) is 46.5. The van der Waals surface area contributed by atoms with Crippen molar-refractivity contribution in [2.24, 2.45) is 10.8 Å². The van der Waals surface area contributed by atoms with Gasteiger partial charge in [0.25, 0.3) is 5.91 Å². The molecule has 0 bridgehead atoms. The molecule has 2 heterocycles. The molecule has 13 nitrogen and oxygen atoms in total. The van der Waals surface area contributed by atoms with Crippen LogP contribution in [-0.4, -0.2) is 64.7 Å². The van der Waals surface area contributed by atoms with Crippen LogP contribution in [0.25, 0.3) is 0 Å². The van der Waals surface area contributed by atoms with Crippen LogP contribution in [0.1, 0.15) is 33.3 Å². The number of esters is 2. The third-order valence-electron chi connectivity index (χ3n) is 6.55. The minimum Gasteiger partial charge on any atom is -0.465 e. The summed E-state index contributed by atoms with van der Waals surface area (Å²) in [6.45, 7) is 6.35. The summed E-state index contributed by atoms with van der Waals surface area (Å²) in [5.74, 6) is -1.61. The van der Waals surface area contributed by atoms with E-state index in [4.69, 9.17) is 14.7 Å². The minimum absolute atomic E-state index is 0.0249. The molecule has 2 N–H and O–H groups in total. The molecule has 224 valence electrons. The van der Waals surface area contributed by atoms with Gasteiger partial charge in [-0.25, -0.2) is 8.42 Å². The highest BCUT2D eigenvalue weighted by atomic mass is 32.2. The third kappa shape index (κ3) is 7.76. The number of hydrogen-bond acceptors (Lipinski definition) is 11. The summed E-state index contributed by atoms with van der Waals surface area (Å²) >= 11 is 0. The molecule has 2 amide bonds. The highest BCUT2D eigenvalue weighted by molar-refractivity contribution is 7.90. The van der Waals surface area contributed by atoms with E-state index in [1.807, 2.05) is 31.0 Å². The largest absolute Gasteiger partial charge is 0.465 e. The first kappa shape index (κ1) is 31.9. The molecule has 0 radical (unpaired) electrons. The average Bonchev–Trinajstić information content (AvgIpc) is 3.41. The molecule has 0 atom stereocenters. The predicted molar refractivity (Wildman–Crippen MR) is 151 cm³/mol. The molecule has 2 aliphatic heterocycles. The number of hydrogen-bond donors (Lipinski definition) is 2. The quantitative estimate of drug-likeness (QED) is 0.441. The van der Waals surface area contributed by atoms with Crippen molar-refractivity contribution in [1.82, 2.24) is 10.9 Å². The van der Waals surface area contributed by atoms with Crippen LogP contribution in [-0.2, 0) is 38.5 Å². The Labute approximate surface area is 244 Å². The number of ether oxygens (including phenoxy) is 2. The number of hydrazine groups is 2. The number of nitriles is 1. The van der Waals surface area contributed by atoms with Crippen LogP contribution in [0.3, 0.4) is 0 Å². The number of benzene rings is 2. The minimum atomic E-state index is -3.42. The Kier molecular flexibility index (Phi) is 9.47. The smallest absolute Gasteiger partial charge is 0.302 e. The number of nitrogens with zero attached hydrogens (tertiary/aromatic N) is 3. The van der Waals surface area contributed by atoms with Crippen molar-refractivity contribution in [2.75, 3.05) is 42.6 Å². The van der Waals surface area contributed by atoms with E-state index in [2.05, 4.69) is 16.9 Å². The molecule has 2 fully saturated rings. The lowest BCUT2D eigenvalue weighted by Crippen LogP contribution is -2.42. The van der Waals surface area contributed by atoms with E-state index in [0.717, 1.165) is 11.9 Å². The summed E-state index contributed by atoms with van der Waals surface area (Å²) in [7, 11) is -3.42. The number of carbonyl (C=O) groups excluding carboxylic acids is 4. The fourth-order valence-electron chi connectivity index (χ4n) is 4.09. The second kappa shape index (κ2) is 12.5. The highest BCUT2D eigenvalue weighted by Gasteiger charge is 2.49. The standard InChI is InChI=1S/C16H20N2O7S.C12H13N3O/c1-11(19)24-9-16(10-25-12(2)20)8-18(17-15(16)21)13-5-4-6-14(7-13)26(3,22)23;1-12(2)8-15(14-11(12)16)10-5-3-9(7-13)4-6-10/h4-7H,8-10H2,1-3H3,(H,17,21);3-6H,8H2,1-2H3,(H,14,16). The Hall–Kier alpha value is -4.64. The van der Waals surface area contributed by atoms with Gasteiger partial charge in [0.1, 0.15) is 18.6 Å². The van der Waals surface area contributed by atoms with Crippen molar-refractivity contribution in [3.63, 3.8) is 0 Å². The zero-order valence-electron chi connectivity index (χ0n) is 24.0. The summed E-state index contributed by atoms with van der Waals surface area (Å²) in [6.07, 6.45) is 1.08. The van der Waals surface area contributed by atoms with Crippen molar-refractivity contribution < 1.29 is 37.1 Å². The first-order valence-corrected chi connectivity index (χ1v) is 14.7. The summed E-state index contributed by atoms with van der Waals surface area (Å²) < 4.78 is 33.4. The van der Waals surface area contributed by atoms with Gasteiger partial charge in [-0.3, -0.25) is 40.0 Å². The topological polar surface area (TPSA) is 175 Å². The number of anilines is 2. The molecule has 2 saturated heterocycles. The van der Waals surface area contributed by atoms with Crippen molar-refractivity contribution >= 4 is 45.0 Å². The molecule has 4 rings (SSSR count). The summed E-state index contributed by atoms with van der Waals surface area (Å²) in [5.41, 5.74) is 5.71. The Morgan fingerprint density at radius 2 is 1.45 bits per heavy atom. The van der Waals surface area contributed by atoms with E-state index in [9.17, 15) is 27.6 Å². The fraction of sp³-hybridized carbons (Fsp3) is 0.393. The van der Waals surface area contributed by atoms with Gasteiger partial charge in [0, 0.05) is 20.1 Å². The second-order valence-corrected chi connectivity index (χ2v) is 12.7. The maximum Gasteiger partial charge on any atom is 0.302 e. The van der Waals surface area contributed by atoms with Gasteiger partial charge in [-0.1, -0.05) is 6.07 Å². The fourth-order valence-corrected chi connectivity index (χ4v) is 4.75. The molecule has 0 saturated carbocycles. The lowest BCUT2D eigenvalue weighted by Gasteiger charge is -2.25. The van der Waals surface area contributed by atoms with Gasteiger partial charge in [-0.05, 0) is 56.3 Å². The van der Waals surface area contributed by atoms with Gasteiger partial charge in [0.05, 0.1) is 46.4 Å². The van der Waals surface area contributed by atoms with Crippen LogP contribution in [0.5, 0.6) is 0 Å². The number of sulfone groups is 1. The Bertz CT molecular complexity index is 1500. The van der Waals surface area contributed by atoms with E-state index < -0.39 is 33.1 Å². The molecule has 0 unspecified atom stereocenters. The SMILES string of the molecule is CC(=O)OCC1(COC(C)=O)CN(c2cccc(S(C)(=O)=O)c2)NC1=O.CC1(C)CN(c2ccc(C#N)cc2)NC1=O. The molecule has 2 aromatic carbocycles. The maximum atomic E-state index is 12.5.